The molecule has 0 spiro atoms. The number of β-amino-alcohol motifs (C(OH)–C–C–N with tert-alkyl or cyclic N) is 1. The molecule has 1 atom stereocenters. The van der Waals surface area contributed by atoms with Crippen molar-refractivity contribution in [3.63, 3.8) is 0 Å². The van der Waals surface area contributed by atoms with Crippen LogP contribution >= 0.6 is 11.6 Å². The van der Waals surface area contributed by atoms with Crippen LogP contribution in [0.1, 0.15) is 5.56 Å². The van der Waals surface area contributed by atoms with Crippen molar-refractivity contribution in [3.05, 3.63) is 65.7 Å². The number of hydrogen-bond acceptors (Lipinski definition) is 5. The first-order valence-corrected chi connectivity index (χ1v) is 10.3. The Hall–Kier alpha value is -2.21. The first-order chi connectivity index (χ1) is 14.1. The minimum atomic E-state index is -0.550. The first kappa shape index (κ1) is 21.5. The summed E-state index contributed by atoms with van der Waals surface area (Å²) >= 11 is 6.10. The Kier molecular flexibility index (Phi) is 7.81. The van der Waals surface area contributed by atoms with E-state index in [1.165, 1.54) is 0 Å². The van der Waals surface area contributed by atoms with E-state index in [0.717, 1.165) is 54.0 Å². The lowest BCUT2D eigenvalue weighted by Gasteiger charge is -2.37. The highest BCUT2D eigenvalue weighted by molar-refractivity contribution is 6.30. The zero-order chi connectivity index (χ0) is 20.6. The van der Waals surface area contributed by atoms with E-state index in [4.69, 9.17) is 21.1 Å². The fourth-order valence-electron chi connectivity index (χ4n) is 3.54. The molecule has 2 aromatic carbocycles. The van der Waals surface area contributed by atoms with Gasteiger partial charge in [0.2, 0.25) is 0 Å². The molecular weight excluding hydrogens is 388 g/mol. The van der Waals surface area contributed by atoms with E-state index in [2.05, 4.69) is 22.4 Å². The Morgan fingerprint density at radius 2 is 1.97 bits per heavy atom. The maximum atomic E-state index is 10.5. The van der Waals surface area contributed by atoms with Gasteiger partial charge in [-0.1, -0.05) is 23.7 Å². The molecule has 1 N–H and O–H groups in total. The topological polar surface area (TPSA) is 45.2 Å². The Balaban J connectivity index is 1.47. The van der Waals surface area contributed by atoms with Gasteiger partial charge in [0.1, 0.15) is 24.2 Å². The van der Waals surface area contributed by atoms with Crippen molar-refractivity contribution < 1.29 is 14.6 Å². The highest BCUT2D eigenvalue weighted by Crippen LogP contribution is 2.25. The maximum absolute atomic E-state index is 10.5. The van der Waals surface area contributed by atoms with Gasteiger partial charge in [-0.25, -0.2) is 0 Å². The van der Waals surface area contributed by atoms with E-state index in [9.17, 15) is 5.11 Å². The molecule has 6 heteroatoms. The van der Waals surface area contributed by atoms with Gasteiger partial charge >= 0.3 is 0 Å². The van der Waals surface area contributed by atoms with Crippen molar-refractivity contribution in [2.24, 2.45) is 0 Å². The smallest absolute Gasteiger partial charge is 0.123 e. The van der Waals surface area contributed by atoms with Gasteiger partial charge in [-0.15, -0.1) is 6.58 Å². The van der Waals surface area contributed by atoms with Crippen LogP contribution in [0, 0.1) is 0 Å². The molecule has 1 aliphatic heterocycles. The third kappa shape index (κ3) is 6.13. The molecule has 5 nitrogen and oxygen atoms in total. The number of aliphatic hydroxyl groups is 1. The van der Waals surface area contributed by atoms with Crippen LogP contribution in [-0.2, 0) is 6.42 Å². The Morgan fingerprint density at radius 1 is 1.17 bits per heavy atom. The number of rotatable bonds is 9. The number of hydrogen-bond donors (Lipinski definition) is 1. The summed E-state index contributed by atoms with van der Waals surface area (Å²) in [6.45, 7) is 8.26. The predicted octanol–water partition coefficient (Wildman–Crippen LogP) is 3.64. The lowest BCUT2D eigenvalue weighted by Crippen LogP contribution is -2.49. The van der Waals surface area contributed by atoms with Crippen molar-refractivity contribution in [2.75, 3.05) is 51.3 Å². The SMILES string of the molecule is C=CCc1cc(OC)ccc1OC[C@H](O)CN1CCN(c2cccc(Cl)c2)CC1. The first-order valence-electron chi connectivity index (χ1n) is 9.90. The molecule has 0 aliphatic carbocycles. The average molecular weight is 417 g/mol. The van der Waals surface area contributed by atoms with E-state index in [1.54, 1.807) is 7.11 Å². The van der Waals surface area contributed by atoms with Gasteiger partial charge in [0.05, 0.1) is 7.11 Å². The monoisotopic (exact) mass is 416 g/mol. The molecule has 0 radical (unpaired) electrons. The number of piperazine rings is 1. The van der Waals surface area contributed by atoms with E-state index in [-0.39, 0.29) is 6.61 Å². The summed E-state index contributed by atoms with van der Waals surface area (Å²) in [5.41, 5.74) is 2.15. The summed E-state index contributed by atoms with van der Waals surface area (Å²) in [6.07, 6.45) is 1.97. The van der Waals surface area contributed by atoms with Gasteiger partial charge in [-0.05, 0) is 42.8 Å². The summed E-state index contributed by atoms with van der Waals surface area (Å²) in [6, 6.07) is 13.6. The fraction of sp³-hybridized carbons (Fsp3) is 0.391. The number of benzene rings is 2. The molecule has 0 amide bonds. The molecule has 3 rings (SSSR count). The minimum Gasteiger partial charge on any atom is -0.497 e. The summed E-state index contributed by atoms with van der Waals surface area (Å²) < 4.78 is 11.2. The van der Waals surface area contributed by atoms with E-state index < -0.39 is 6.10 Å². The fourth-order valence-corrected chi connectivity index (χ4v) is 3.72. The number of halogens is 1. The zero-order valence-corrected chi connectivity index (χ0v) is 17.6. The Bertz CT molecular complexity index is 806. The summed E-state index contributed by atoms with van der Waals surface area (Å²) in [5, 5.41) is 11.2. The molecule has 1 aliphatic rings. The van der Waals surface area contributed by atoms with E-state index >= 15 is 0 Å². The van der Waals surface area contributed by atoms with E-state index in [1.807, 2.05) is 42.5 Å². The van der Waals surface area contributed by atoms with Gasteiger partial charge in [0, 0.05) is 49.0 Å². The quantitative estimate of drug-likeness (QED) is 0.632. The highest BCUT2D eigenvalue weighted by atomic mass is 35.5. The normalized spacial score (nSPS) is 15.8. The summed E-state index contributed by atoms with van der Waals surface area (Å²) in [4.78, 5) is 4.60. The largest absolute Gasteiger partial charge is 0.497 e. The van der Waals surface area contributed by atoms with Gasteiger partial charge in [0.25, 0.3) is 0 Å². The third-order valence-corrected chi connectivity index (χ3v) is 5.31. The van der Waals surface area contributed by atoms with Crippen LogP contribution < -0.4 is 14.4 Å². The molecule has 1 saturated heterocycles. The van der Waals surface area contributed by atoms with Gasteiger partial charge in [-0.3, -0.25) is 4.90 Å². The molecule has 0 bridgehead atoms. The molecule has 0 aromatic heterocycles. The van der Waals surface area contributed by atoms with Crippen LogP contribution in [-0.4, -0.2) is 62.6 Å². The van der Waals surface area contributed by atoms with Crippen molar-refractivity contribution >= 4 is 17.3 Å². The second-order valence-electron chi connectivity index (χ2n) is 7.20. The standard InChI is InChI=1S/C23H29ClN2O3/c1-3-5-18-14-22(28-2)8-9-23(18)29-17-21(27)16-25-10-12-26(13-11-25)20-7-4-6-19(24)15-20/h3-4,6-9,14-15,21,27H,1,5,10-13,16-17H2,2H3/t21-/m1/s1. The van der Waals surface area contributed by atoms with Crippen LogP contribution in [0.15, 0.2) is 55.1 Å². The van der Waals surface area contributed by atoms with Crippen molar-refractivity contribution in [3.8, 4) is 11.5 Å². The second kappa shape index (κ2) is 10.5. The minimum absolute atomic E-state index is 0.255. The Labute approximate surface area is 178 Å². The van der Waals surface area contributed by atoms with Gasteiger partial charge in [0.15, 0.2) is 0 Å². The molecule has 0 unspecified atom stereocenters. The summed E-state index contributed by atoms with van der Waals surface area (Å²) in [5.74, 6) is 1.54. The van der Waals surface area contributed by atoms with Crippen LogP contribution in [0.25, 0.3) is 0 Å². The number of anilines is 1. The molecular formula is C23H29ClN2O3. The number of methoxy groups -OCH3 is 1. The molecule has 2 aromatic rings. The second-order valence-corrected chi connectivity index (χ2v) is 7.64. The van der Waals surface area contributed by atoms with Crippen molar-refractivity contribution in [1.82, 2.24) is 4.90 Å². The number of allylic oxidation sites excluding steroid dienone is 1. The summed E-state index contributed by atoms with van der Waals surface area (Å²) in [7, 11) is 1.64. The predicted molar refractivity (Wildman–Crippen MR) is 119 cm³/mol. The van der Waals surface area contributed by atoms with Crippen LogP contribution in [0.2, 0.25) is 5.02 Å². The molecule has 1 heterocycles. The zero-order valence-electron chi connectivity index (χ0n) is 16.9. The Morgan fingerprint density at radius 3 is 2.66 bits per heavy atom. The highest BCUT2D eigenvalue weighted by Gasteiger charge is 2.20. The maximum Gasteiger partial charge on any atom is 0.123 e. The van der Waals surface area contributed by atoms with Crippen LogP contribution in [0.5, 0.6) is 11.5 Å². The average Bonchev–Trinajstić information content (AvgIpc) is 2.73. The van der Waals surface area contributed by atoms with Crippen LogP contribution in [0.4, 0.5) is 5.69 Å². The number of ether oxygens (including phenoxy) is 2. The number of nitrogens with zero attached hydrogens (tertiary/aromatic N) is 2. The van der Waals surface area contributed by atoms with Crippen LogP contribution in [0.3, 0.4) is 0 Å². The molecule has 1 fully saturated rings. The lowest BCUT2D eigenvalue weighted by atomic mass is 10.1. The third-order valence-electron chi connectivity index (χ3n) is 5.08. The number of aliphatic hydroxyl groups excluding tert-OH is 1. The van der Waals surface area contributed by atoms with Gasteiger partial charge < -0.3 is 19.5 Å². The molecule has 156 valence electrons. The van der Waals surface area contributed by atoms with Crippen molar-refractivity contribution in [2.45, 2.75) is 12.5 Å². The van der Waals surface area contributed by atoms with Crippen molar-refractivity contribution in [1.29, 1.82) is 0 Å². The lowest BCUT2D eigenvalue weighted by molar-refractivity contribution is 0.0660. The van der Waals surface area contributed by atoms with E-state index in [0.29, 0.717) is 13.0 Å². The van der Waals surface area contributed by atoms with Gasteiger partial charge in [-0.2, -0.15) is 0 Å². The molecule has 0 saturated carbocycles. The molecule has 29 heavy (non-hydrogen) atoms.